The summed E-state index contributed by atoms with van der Waals surface area (Å²) in [4.78, 5) is 35.5. The Labute approximate surface area is 149 Å². The first-order valence-corrected chi connectivity index (χ1v) is 7.74. The normalized spacial score (nSPS) is 11.3. The molecule has 1 amide bonds. The van der Waals surface area contributed by atoms with Gasteiger partial charge >= 0.3 is 11.9 Å². The molecule has 0 heterocycles. The van der Waals surface area contributed by atoms with Crippen molar-refractivity contribution in [3.05, 3.63) is 64.7 Å². The van der Waals surface area contributed by atoms with Crippen LogP contribution in [0.1, 0.15) is 27.6 Å². The highest BCUT2D eigenvalue weighted by Gasteiger charge is 2.19. The number of carbonyl (C=O) groups is 3. The highest BCUT2D eigenvalue weighted by molar-refractivity contribution is 6.30. The van der Waals surface area contributed by atoms with Crippen molar-refractivity contribution in [1.82, 2.24) is 0 Å². The topological polar surface area (TPSA) is 81.7 Å². The van der Waals surface area contributed by atoms with E-state index in [4.69, 9.17) is 16.3 Å². The molecule has 2 aromatic rings. The maximum atomic E-state index is 12.1. The van der Waals surface area contributed by atoms with Gasteiger partial charge in [0.15, 0.2) is 6.10 Å². The van der Waals surface area contributed by atoms with Crippen LogP contribution < -0.4 is 5.32 Å². The molecule has 0 saturated carbocycles. The van der Waals surface area contributed by atoms with Crippen molar-refractivity contribution in [3.8, 4) is 0 Å². The fourth-order valence-corrected chi connectivity index (χ4v) is 2.05. The number of nitrogens with one attached hydrogen (secondary N) is 1. The number of amides is 1. The molecule has 0 aliphatic rings. The van der Waals surface area contributed by atoms with Gasteiger partial charge in [-0.3, -0.25) is 4.79 Å². The molecule has 1 atom stereocenters. The maximum absolute atomic E-state index is 12.1. The van der Waals surface area contributed by atoms with Crippen LogP contribution in [0.15, 0.2) is 48.5 Å². The number of ether oxygens (including phenoxy) is 2. The molecule has 2 aromatic carbocycles. The summed E-state index contributed by atoms with van der Waals surface area (Å²) in [6.45, 7) is 1.46. The number of anilines is 1. The Morgan fingerprint density at radius 1 is 0.920 bits per heavy atom. The molecule has 0 aliphatic heterocycles. The van der Waals surface area contributed by atoms with Crippen LogP contribution in [-0.2, 0) is 14.3 Å². The van der Waals surface area contributed by atoms with Gasteiger partial charge in [0.1, 0.15) is 0 Å². The van der Waals surface area contributed by atoms with Crippen molar-refractivity contribution < 1.29 is 23.9 Å². The minimum Gasteiger partial charge on any atom is -0.465 e. The third kappa shape index (κ3) is 5.06. The maximum Gasteiger partial charge on any atom is 0.338 e. The standard InChI is InChI=1S/C18H16ClNO5/c1-11(16(21)20-15-9-7-14(19)8-10-15)25-18(23)13-5-3-12(4-6-13)17(22)24-2/h3-11H,1-2H3,(H,20,21)/t11-/m0/s1. The minimum absolute atomic E-state index is 0.221. The lowest BCUT2D eigenvalue weighted by molar-refractivity contribution is -0.123. The van der Waals surface area contributed by atoms with E-state index in [1.165, 1.54) is 38.3 Å². The Kier molecular flexibility index (Phi) is 6.14. The molecule has 2 rings (SSSR count). The van der Waals surface area contributed by atoms with Crippen LogP contribution >= 0.6 is 11.6 Å². The quantitative estimate of drug-likeness (QED) is 0.826. The van der Waals surface area contributed by atoms with Crippen molar-refractivity contribution in [2.24, 2.45) is 0 Å². The molecular formula is C18H16ClNO5. The zero-order valence-corrected chi connectivity index (χ0v) is 14.4. The molecule has 0 aromatic heterocycles. The van der Waals surface area contributed by atoms with Gasteiger partial charge in [0.05, 0.1) is 18.2 Å². The smallest absolute Gasteiger partial charge is 0.338 e. The van der Waals surface area contributed by atoms with Crippen molar-refractivity contribution in [2.45, 2.75) is 13.0 Å². The average molecular weight is 362 g/mol. The van der Waals surface area contributed by atoms with E-state index in [1.807, 2.05) is 0 Å². The van der Waals surface area contributed by atoms with Gasteiger partial charge in [0.2, 0.25) is 0 Å². The molecular weight excluding hydrogens is 346 g/mol. The summed E-state index contributed by atoms with van der Waals surface area (Å²) >= 11 is 5.78. The Balaban J connectivity index is 1.95. The SMILES string of the molecule is COC(=O)c1ccc(C(=O)O[C@@H](C)C(=O)Nc2ccc(Cl)cc2)cc1. The molecule has 25 heavy (non-hydrogen) atoms. The number of hydrogen-bond acceptors (Lipinski definition) is 5. The van der Waals surface area contributed by atoms with Crippen LogP contribution in [0.3, 0.4) is 0 Å². The minimum atomic E-state index is -0.997. The predicted molar refractivity (Wildman–Crippen MR) is 92.7 cm³/mol. The molecule has 0 fully saturated rings. The summed E-state index contributed by atoms with van der Waals surface area (Å²) in [5, 5.41) is 3.17. The molecule has 7 heteroatoms. The van der Waals surface area contributed by atoms with E-state index >= 15 is 0 Å². The number of carbonyl (C=O) groups excluding carboxylic acids is 3. The van der Waals surface area contributed by atoms with Gasteiger partial charge in [-0.1, -0.05) is 11.6 Å². The van der Waals surface area contributed by atoms with Crippen LogP contribution in [0.4, 0.5) is 5.69 Å². The second-order valence-corrected chi connectivity index (χ2v) is 5.55. The van der Waals surface area contributed by atoms with Crippen LogP contribution in [0.2, 0.25) is 5.02 Å². The van der Waals surface area contributed by atoms with Crippen molar-refractivity contribution >= 4 is 35.1 Å². The van der Waals surface area contributed by atoms with Gasteiger partial charge in [0.25, 0.3) is 5.91 Å². The molecule has 0 aliphatic carbocycles. The van der Waals surface area contributed by atoms with E-state index in [-0.39, 0.29) is 5.56 Å². The first kappa shape index (κ1) is 18.5. The van der Waals surface area contributed by atoms with E-state index in [9.17, 15) is 14.4 Å². The number of halogens is 1. The van der Waals surface area contributed by atoms with Gasteiger partial charge in [-0.05, 0) is 55.5 Å². The highest BCUT2D eigenvalue weighted by Crippen LogP contribution is 2.14. The monoisotopic (exact) mass is 361 g/mol. The van der Waals surface area contributed by atoms with Crippen molar-refractivity contribution in [2.75, 3.05) is 12.4 Å². The largest absolute Gasteiger partial charge is 0.465 e. The first-order chi connectivity index (χ1) is 11.9. The fraction of sp³-hybridized carbons (Fsp3) is 0.167. The van der Waals surface area contributed by atoms with Gasteiger partial charge in [0, 0.05) is 10.7 Å². The van der Waals surface area contributed by atoms with Gasteiger partial charge < -0.3 is 14.8 Å². The molecule has 1 N–H and O–H groups in total. The second kappa shape index (κ2) is 8.30. The van der Waals surface area contributed by atoms with Gasteiger partial charge in [-0.25, -0.2) is 9.59 Å². The second-order valence-electron chi connectivity index (χ2n) is 5.11. The van der Waals surface area contributed by atoms with Crippen LogP contribution in [-0.4, -0.2) is 31.1 Å². The number of hydrogen-bond donors (Lipinski definition) is 1. The summed E-state index contributed by atoms with van der Waals surface area (Å²) in [5.41, 5.74) is 1.08. The lowest BCUT2D eigenvalue weighted by atomic mass is 10.1. The fourth-order valence-electron chi connectivity index (χ4n) is 1.92. The molecule has 0 bridgehead atoms. The molecule has 0 radical (unpaired) electrons. The first-order valence-electron chi connectivity index (χ1n) is 7.36. The Bertz CT molecular complexity index is 771. The van der Waals surface area contributed by atoms with Crippen molar-refractivity contribution in [1.29, 1.82) is 0 Å². The molecule has 130 valence electrons. The average Bonchev–Trinajstić information content (AvgIpc) is 2.62. The number of benzene rings is 2. The zero-order valence-electron chi connectivity index (χ0n) is 13.6. The number of methoxy groups -OCH3 is 1. The van der Waals surface area contributed by atoms with Gasteiger partial charge in [-0.15, -0.1) is 0 Å². The van der Waals surface area contributed by atoms with Crippen LogP contribution in [0.5, 0.6) is 0 Å². The highest BCUT2D eigenvalue weighted by atomic mass is 35.5. The molecule has 0 unspecified atom stereocenters. The zero-order chi connectivity index (χ0) is 18.4. The van der Waals surface area contributed by atoms with Crippen LogP contribution in [0, 0.1) is 0 Å². The third-order valence-corrected chi connectivity index (χ3v) is 3.56. The predicted octanol–water partition coefficient (Wildman–Crippen LogP) is 3.31. The van der Waals surface area contributed by atoms with Gasteiger partial charge in [-0.2, -0.15) is 0 Å². The number of esters is 2. The Morgan fingerprint density at radius 2 is 1.44 bits per heavy atom. The van der Waals surface area contributed by atoms with Crippen molar-refractivity contribution in [3.63, 3.8) is 0 Å². The van der Waals surface area contributed by atoms with E-state index in [2.05, 4.69) is 10.1 Å². The Morgan fingerprint density at radius 3 is 1.96 bits per heavy atom. The molecule has 0 saturated heterocycles. The molecule has 0 spiro atoms. The van der Waals surface area contributed by atoms with E-state index < -0.39 is 23.9 Å². The van der Waals surface area contributed by atoms with E-state index in [0.29, 0.717) is 16.3 Å². The lowest BCUT2D eigenvalue weighted by Gasteiger charge is -2.13. The summed E-state index contributed by atoms with van der Waals surface area (Å²) in [7, 11) is 1.27. The summed E-state index contributed by atoms with van der Waals surface area (Å²) in [6.07, 6.45) is -0.997. The molecule has 6 nitrogen and oxygen atoms in total. The van der Waals surface area contributed by atoms with E-state index in [0.717, 1.165) is 0 Å². The summed E-state index contributed by atoms with van der Waals surface area (Å²) < 4.78 is 9.71. The van der Waals surface area contributed by atoms with E-state index in [1.54, 1.807) is 24.3 Å². The van der Waals surface area contributed by atoms with Crippen LogP contribution in [0.25, 0.3) is 0 Å². The summed E-state index contributed by atoms with van der Waals surface area (Å²) in [6, 6.07) is 12.3. The number of rotatable bonds is 5. The third-order valence-electron chi connectivity index (χ3n) is 3.31. The summed E-state index contributed by atoms with van der Waals surface area (Å²) in [5.74, 6) is -1.65. The Hall–Kier alpha value is -2.86. The lowest BCUT2D eigenvalue weighted by Crippen LogP contribution is -2.30.